The molecule has 1 saturated heterocycles. The molecule has 0 aromatic carbocycles. The van der Waals surface area contributed by atoms with Gasteiger partial charge in [-0.25, -0.2) is 0 Å². The molecule has 1 aliphatic heterocycles. The van der Waals surface area contributed by atoms with Crippen LogP contribution in [0, 0.1) is 5.41 Å². The van der Waals surface area contributed by atoms with Crippen molar-refractivity contribution >= 4 is 11.9 Å². The molecule has 54 valence electrons. The number of rotatable bonds is 1. The summed E-state index contributed by atoms with van der Waals surface area (Å²) in [5.41, 5.74) is 0.589. The highest BCUT2D eigenvalue weighted by molar-refractivity contribution is 7.97. The standard InChI is InChI=1S/C7H15NS/c1-3-7(2)4-5-9-8-6-7/h8H,3-6H2,1-2H3. The molecule has 1 unspecified atom stereocenters. The van der Waals surface area contributed by atoms with E-state index >= 15 is 0 Å². The summed E-state index contributed by atoms with van der Waals surface area (Å²) in [6, 6.07) is 0. The van der Waals surface area contributed by atoms with Crippen molar-refractivity contribution in [3.8, 4) is 0 Å². The van der Waals surface area contributed by atoms with Gasteiger partial charge in [-0.2, -0.15) is 0 Å². The number of nitrogens with one attached hydrogen (secondary N) is 1. The van der Waals surface area contributed by atoms with E-state index in [4.69, 9.17) is 0 Å². The van der Waals surface area contributed by atoms with Gasteiger partial charge >= 0.3 is 0 Å². The van der Waals surface area contributed by atoms with Crippen molar-refractivity contribution < 1.29 is 0 Å². The van der Waals surface area contributed by atoms with E-state index in [-0.39, 0.29) is 0 Å². The second kappa shape index (κ2) is 2.93. The maximum atomic E-state index is 3.34. The SMILES string of the molecule is CCC1(C)CCSNC1. The minimum Gasteiger partial charge on any atom is -0.264 e. The minimum atomic E-state index is 0.589. The molecule has 0 bridgehead atoms. The Morgan fingerprint density at radius 2 is 2.44 bits per heavy atom. The highest BCUT2D eigenvalue weighted by Crippen LogP contribution is 2.29. The fourth-order valence-corrected chi connectivity index (χ4v) is 2.17. The van der Waals surface area contributed by atoms with Crippen molar-refractivity contribution in [2.45, 2.75) is 26.7 Å². The van der Waals surface area contributed by atoms with Crippen molar-refractivity contribution in [1.82, 2.24) is 4.72 Å². The van der Waals surface area contributed by atoms with Gasteiger partial charge in [0.25, 0.3) is 0 Å². The zero-order valence-electron chi connectivity index (χ0n) is 6.24. The molecule has 9 heavy (non-hydrogen) atoms. The lowest BCUT2D eigenvalue weighted by Crippen LogP contribution is -2.33. The van der Waals surface area contributed by atoms with Crippen LogP contribution in [0.2, 0.25) is 0 Å². The van der Waals surface area contributed by atoms with Crippen LogP contribution >= 0.6 is 11.9 Å². The molecule has 1 atom stereocenters. The van der Waals surface area contributed by atoms with E-state index in [0.29, 0.717) is 5.41 Å². The van der Waals surface area contributed by atoms with Gasteiger partial charge in [0, 0.05) is 12.3 Å². The zero-order chi connectivity index (χ0) is 6.74. The summed E-state index contributed by atoms with van der Waals surface area (Å²) in [5.74, 6) is 1.28. The fraction of sp³-hybridized carbons (Fsp3) is 1.00. The first-order valence-electron chi connectivity index (χ1n) is 3.61. The van der Waals surface area contributed by atoms with Crippen LogP contribution in [0.3, 0.4) is 0 Å². The monoisotopic (exact) mass is 145 g/mol. The Hall–Kier alpha value is 0.310. The van der Waals surface area contributed by atoms with E-state index in [0.717, 1.165) is 0 Å². The minimum absolute atomic E-state index is 0.589. The lowest BCUT2D eigenvalue weighted by Gasteiger charge is -2.32. The lowest BCUT2D eigenvalue weighted by molar-refractivity contribution is 0.296. The number of hydrogen-bond acceptors (Lipinski definition) is 2. The third-order valence-electron chi connectivity index (χ3n) is 2.26. The Kier molecular flexibility index (Phi) is 2.42. The molecule has 0 aliphatic carbocycles. The first-order valence-corrected chi connectivity index (χ1v) is 4.60. The molecule has 0 aromatic rings. The molecule has 1 nitrogen and oxygen atoms in total. The van der Waals surface area contributed by atoms with Gasteiger partial charge in [-0.05, 0) is 18.3 Å². The van der Waals surface area contributed by atoms with E-state index in [9.17, 15) is 0 Å². The third kappa shape index (κ3) is 1.87. The summed E-state index contributed by atoms with van der Waals surface area (Å²) in [5, 5.41) is 0. The van der Waals surface area contributed by atoms with Gasteiger partial charge in [0.15, 0.2) is 0 Å². The Morgan fingerprint density at radius 3 is 2.78 bits per heavy atom. The molecular formula is C7H15NS. The average molecular weight is 145 g/mol. The smallest absolute Gasteiger partial charge is 0.0113 e. The van der Waals surface area contributed by atoms with Gasteiger partial charge in [-0.3, -0.25) is 4.72 Å². The third-order valence-corrected chi connectivity index (χ3v) is 3.02. The quantitative estimate of drug-likeness (QED) is 0.567. The summed E-state index contributed by atoms with van der Waals surface area (Å²) in [4.78, 5) is 0. The second-order valence-electron chi connectivity index (χ2n) is 3.08. The van der Waals surface area contributed by atoms with Gasteiger partial charge in [0.1, 0.15) is 0 Å². The summed E-state index contributed by atoms with van der Waals surface area (Å²) in [6.07, 6.45) is 2.68. The molecule has 2 heteroatoms. The molecule has 1 N–H and O–H groups in total. The van der Waals surface area contributed by atoms with E-state index < -0.39 is 0 Å². The maximum Gasteiger partial charge on any atom is 0.0113 e. The topological polar surface area (TPSA) is 12.0 Å². The maximum absolute atomic E-state index is 3.34. The van der Waals surface area contributed by atoms with E-state index in [2.05, 4.69) is 18.6 Å². The summed E-state index contributed by atoms with van der Waals surface area (Å²) in [7, 11) is 0. The van der Waals surface area contributed by atoms with Crippen LogP contribution < -0.4 is 4.72 Å². The van der Waals surface area contributed by atoms with Gasteiger partial charge in [-0.1, -0.05) is 25.8 Å². The summed E-state index contributed by atoms with van der Waals surface area (Å²) in [6.45, 7) is 5.82. The van der Waals surface area contributed by atoms with Crippen LogP contribution in [-0.2, 0) is 0 Å². The highest BCUT2D eigenvalue weighted by atomic mass is 32.2. The largest absolute Gasteiger partial charge is 0.264 e. The van der Waals surface area contributed by atoms with Gasteiger partial charge < -0.3 is 0 Å². The predicted molar refractivity (Wildman–Crippen MR) is 43.5 cm³/mol. The van der Waals surface area contributed by atoms with E-state index in [1.807, 2.05) is 11.9 Å². The Bertz CT molecular complexity index is 86.9. The van der Waals surface area contributed by atoms with Crippen molar-refractivity contribution in [3.63, 3.8) is 0 Å². The first-order chi connectivity index (χ1) is 4.27. The Labute approximate surface area is 61.7 Å². The molecule has 0 radical (unpaired) electrons. The van der Waals surface area contributed by atoms with Crippen LogP contribution in [0.4, 0.5) is 0 Å². The lowest BCUT2D eigenvalue weighted by atomic mass is 9.85. The number of hydrogen-bond donors (Lipinski definition) is 1. The van der Waals surface area contributed by atoms with Crippen LogP contribution in [0.25, 0.3) is 0 Å². The van der Waals surface area contributed by atoms with Crippen LogP contribution in [0.5, 0.6) is 0 Å². The van der Waals surface area contributed by atoms with Crippen molar-refractivity contribution in [2.75, 3.05) is 12.3 Å². The molecule has 0 amide bonds. The molecule has 0 aromatic heterocycles. The summed E-state index contributed by atoms with van der Waals surface area (Å²) >= 11 is 1.86. The van der Waals surface area contributed by atoms with E-state index in [1.54, 1.807) is 0 Å². The molecule has 1 aliphatic rings. The highest BCUT2D eigenvalue weighted by Gasteiger charge is 2.24. The molecular weight excluding hydrogens is 130 g/mol. The zero-order valence-corrected chi connectivity index (χ0v) is 7.05. The molecule has 1 fully saturated rings. The fourth-order valence-electron chi connectivity index (χ4n) is 0.985. The van der Waals surface area contributed by atoms with Gasteiger partial charge in [0.05, 0.1) is 0 Å². The van der Waals surface area contributed by atoms with E-state index in [1.165, 1.54) is 25.1 Å². The Morgan fingerprint density at radius 1 is 1.67 bits per heavy atom. The van der Waals surface area contributed by atoms with Crippen LogP contribution in [0.1, 0.15) is 26.7 Å². The second-order valence-corrected chi connectivity index (χ2v) is 4.07. The van der Waals surface area contributed by atoms with Crippen LogP contribution in [0.15, 0.2) is 0 Å². The average Bonchev–Trinajstić information content (AvgIpc) is 1.90. The first kappa shape index (κ1) is 7.42. The van der Waals surface area contributed by atoms with Crippen LogP contribution in [-0.4, -0.2) is 12.3 Å². The van der Waals surface area contributed by atoms with Crippen molar-refractivity contribution in [3.05, 3.63) is 0 Å². The Balaban J connectivity index is 2.37. The molecule has 1 rings (SSSR count). The van der Waals surface area contributed by atoms with Gasteiger partial charge in [0.2, 0.25) is 0 Å². The molecule has 0 saturated carbocycles. The van der Waals surface area contributed by atoms with Crippen molar-refractivity contribution in [2.24, 2.45) is 5.41 Å². The van der Waals surface area contributed by atoms with Crippen molar-refractivity contribution in [1.29, 1.82) is 0 Å². The predicted octanol–water partition coefficient (Wildman–Crippen LogP) is 2.04. The molecule has 1 heterocycles. The summed E-state index contributed by atoms with van der Waals surface area (Å²) < 4.78 is 3.34. The molecule has 0 spiro atoms. The normalized spacial score (nSPS) is 36.7. The van der Waals surface area contributed by atoms with Gasteiger partial charge in [-0.15, -0.1) is 0 Å².